The Labute approximate surface area is 105 Å². The lowest BCUT2D eigenvalue weighted by Gasteiger charge is -2.33. The van der Waals surface area contributed by atoms with Crippen LogP contribution in [0.1, 0.15) is 47.0 Å². The van der Waals surface area contributed by atoms with Crippen LogP contribution in [-0.4, -0.2) is 43.3 Å². The van der Waals surface area contributed by atoms with Crippen molar-refractivity contribution in [3.63, 3.8) is 0 Å². The van der Waals surface area contributed by atoms with E-state index >= 15 is 0 Å². The van der Waals surface area contributed by atoms with E-state index in [2.05, 4.69) is 0 Å². The normalized spacial score (nSPS) is 17.7. The largest absolute Gasteiger partial charge is 0.390 e. The van der Waals surface area contributed by atoms with Gasteiger partial charge in [-0.25, -0.2) is 8.42 Å². The maximum absolute atomic E-state index is 11.3. The molecule has 0 saturated heterocycles. The molecule has 104 valence electrons. The molecular weight excluding hydrogens is 240 g/mol. The van der Waals surface area contributed by atoms with Gasteiger partial charge in [-0.3, -0.25) is 0 Å². The summed E-state index contributed by atoms with van der Waals surface area (Å²) in [5.41, 5.74) is -0.565. The second kappa shape index (κ2) is 7.34. The Balaban J connectivity index is 4.21. The van der Waals surface area contributed by atoms with Gasteiger partial charge >= 0.3 is 0 Å². The highest BCUT2D eigenvalue weighted by Gasteiger charge is 2.31. The molecule has 0 bridgehead atoms. The topological polar surface area (TPSA) is 63.6 Å². The van der Waals surface area contributed by atoms with Crippen LogP contribution in [0.5, 0.6) is 0 Å². The summed E-state index contributed by atoms with van der Waals surface area (Å²) in [5, 5.41) is 10.0. The Bertz CT molecular complexity index is 300. The summed E-state index contributed by atoms with van der Waals surface area (Å²) in [6, 6.07) is 0. The van der Waals surface area contributed by atoms with Crippen LogP contribution in [0.2, 0.25) is 0 Å². The van der Waals surface area contributed by atoms with Crippen LogP contribution >= 0.6 is 0 Å². The van der Waals surface area contributed by atoms with Gasteiger partial charge in [-0.05, 0) is 33.1 Å². The number of rotatable bonds is 9. The second-order valence-corrected chi connectivity index (χ2v) is 6.97. The first kappa shape index (κ1) is 16.9. The molecule has 0 aromatic carbocycles. The molecule has 0 amide bonds. The Kier molecular flexibility index (Phi) is 7.28. The molecule has 0 rings (SSSR count). The van der Waals surface area contributed by atoms with Crippen LogP contribution in [-0.2, 0) is 14.6 Å². The fourth-order valence-electron chi connectivity index (χ4n) is 1.71. The number of sulfone groups is 1. The maximum Gasteiger partial charge on any atom is 0.150 e. The van der Waals surface area contributed by atoms with E-state index in [1.165, 1.54) is 0 Å². The standard InChI is InChI=1S/C12H26O4S/c1-5-12(4,16-6-2)11(13)9-8-10-17(14,15)7-3/h11,13H,5-10H2,1-4H3. The van der Waals surface area contributed by atoms with Crippen molar-refractivity contribution in [2.45, 2.75) is 58.7 Å². The van der Waals surface area contributed by atoms with Gasteiger partial charge in [-0.15, -0.1) is 0 Å². The van der Waals surface area contributed by atoms with E-state index in [0.29, 0.717) is 25.9 Å². The van der Waals surface area contributed by atoms with Crippen molar-refractivity contribution in [2.75, 3.05) is 18.1 Å². The third kappa shape index (κ3) is 5.84. The Morgan fingerprint density at radius 3 is 2.29 bits per heavy atom. The third-order valence-corrected chi connectivity index (χ3v) is 5.04. The van der Waals surface area contributed by atoms with Crippen LogP contribution in [0.15, 0.2) is 0 Å². The van der Waals surface area contributed by atoms with E-state index in [1.807, 2.05) is 20.8 Å². The minimum absolute atomic E-state index is 0.145. The molecule has 5 heteroatoms. The SMILES string of the molecule is CCOC(C)(CC)C(O)CCCS(=O)(=O)CC. The highest BCUT2D eigenvalue weighted by molar-refractivity contribution is 7.91. The molecule has 0 fully saturated rings. The summed E-state index contributed by atoms with van der Waals surface area (Å²) in [5.74, 6) is 0.312. The first-order chi connectivity index (χ1) is 7.81. The van der Waals surface area contributed by atoms with Gasteiger partial charge in [0.2, 0.25) is 0 Å². The second-order valence-electron chi connectivity index (χ2n) is 4.49. The Morgan fingerprint density at radius 1 is 1.29 bits per heavy atom. The molecule has 0 aliphatic rings. The molecule has 1 N–H and O–H groups in total. The van der Waals surface area contributed by atoms with Gasteiger partial charge in [-0.1, -0.05) is 13.8 Å². The average molecular weight is 266 g/mol. The van der Waals surface area contributed by atoms with Crippen LogP contribution in [0, 0.1) is 0 Å². The van der Waals surface area contributed by atoms with Crippen molar-refractivity contribution < 1.29 is 18.3 Å². The molecule has 0 heterocycles. The van der Waals surface area contributed by atoms with E-state index < -0.39 is 21.5 Å². The van der Waals surface area contributed by atoms with Gasteiger partial charge < -0.3 is 9.84 Å². The van der Waals surface area contributed by atoms with Crippen molar-refractivity contribution >= 4 is 9.84 Å². The lowest BCUT2D eigenvalue weighted by Crippen LogP contribution is -2.41. The summed E-state index contributed by atoms with van der Waals surface area (Å²) in [4.78, 5) is 0. The number of aliphatic hydroxyl groups is 1. The lowest BCUT2D eigenvalue weighted by atomic mass is 9.92. The minimum atomic E-state index is -2.93. The van der Waals surface area contributed by atoms with E-state index in [1.54, 1.807) is 6.92 Å². The van der Waals surface area contributed by atoms with Gasteiger partial charge in [0, 0.05) is 12.4 Å². The molecule has 2 atom stereocenters. The molecule has 0 saturated carbocycles. The fourth-order valence-corrected chi connectivity index (χ4v) is 2.61. The summed E-state index contributed by atoms with van der Waals surface area (Å²) in [7, 11) is -2.93. The van der Waals surface area contributed by atoms with Gasteiger partial charge in [0.25, 0.3) is 0 Å². The third-order valence-electron chi connectivity index (χ3n) is 3.25. The number of hydrogen-bond acceptors (Lipinski definition) is 4. The maximum atomic E-state index is 11.3. The number of ether oxygens (including phenoxy) is 1. The fraction of sp³-hybridized carbons (Fsp3) is 1.00. The first-order valence-electron chi connectivity index (χ1n) is 6.33. The predicted octanol–water partition coefficient (Wildman–Crippen LogP) is 1.77. The average Bonchev–Trinajstić information content (AvgIpc) is 2.28. The quantitative estimate of drug-likeness (QED) is 0.691. The first-order valence-corrected chi connectivity index (χ1v) is 8.15. The highest BCUT2D eigenvalue weighted by Crippen LogP contribution is 2.23. The molecule has 2 unspecified atom stereocenters. The van der Waals surface area contributed by atoms with Crippen molar-refractivity contribution in [3.05, 3.63) is 0 Å². The van der Waals surface area contributed by atoms with Crippen molar-refractivity contribution in [1.82, 2.24) is 0 Å². The monoisotopic (exact) mass is 266 g/mol. The molecule has 0 aliphatic heterocycles. The van der Waals surface area contributed by atoms with E-state index in [0.717, 1.165) is 0 Å². The molecule has 17 heavy (non-hydrogen) atoms. The van der Waals surface area contributed by atoms with E-state index in [4.69, 9.17) is 4.74 Å². The van der Waals surface area contributed by atoms with Crippen LogP contribution in [0.25, 0.3) is 0 Å². The summed E-state index contributed by atoms with van der Waals surface area (Å²) in [6.07, 6.45) is 1.05. The molecule has 0 aliphatic carbocycles. The van der Waals surface area contributed by atoms with Crippen LogP contribution < -0.4 is 0 Å². The summed E-state index contributed by atoms with van der Waals surface area (Å²) in [6.45, 7) is 7.91. The molecule has 0 aromatic rings. The summed E-state index contributed by atoms with van der Waals surface area (Å²) >= 11 is 0. The molecule has 0 spiro atoms. The van der Waals surface area contributed by atoms with Gasteiger partial charge in [0.05, 0.1) is 17.5 Å². The van der Waals surface area contributed by atoms with Gasteiger partial charge in [-0.2, -0.15) is 0 Å². The molecule has 0 aromatic heterocycles. The van der Waals surface area contributed by atoms with E-state index in [9.17, 15) is 13.5 Å². The molecule has 4 nitrogen and oxygen atoms in total. The minimum Gasteiger partial charge on any atom is -0.390 e. The number of hydrogen-bond donors (Lipinski definition) is 1. The van der Waals surface area contributed by atoms with Gasteiger partial charge in [0.1, 0.15) is 9.84 Å². The van der Waals surface area contributed by atoms with Crippen molar-refractivity contribution in [2.24, 2.45) is 0 Å². The van der Waals surface area contributed by atoms with Gasteiger partial charge in [0.15, 0.2) is 0 Å². The summed E-state index contributed by atoms with van der Waals surface area (Å²) < 4.78 is 28.2. The van der Waals surface area contributed by atoms with Crippen LogP contribution in [0.3, 0.4) is 0 Å². The number of aliphatic hydroxyl groups excluding tert-OH is 1. The highest BCUT2D eigenvalue weighted by atomic mass is 32.2. The zero-order chi connectivity index (χ0) is 13.5. The Morgan fingerprint density at radius 2 is 1.88 bits per heavy atom. The predicted molar refractivity (Wildman–Crippen MR) is 69.9 cm³/mol. The van der Waals surface area contributed by atoms with Crippen molar-refractivity contribution in [3.8, 4) is 0 Å². The zero-order valence-electron chi connectivity index (χ0n) is 11.4. The van der Waals surface area contributed by atoms with Crippen LogP contribution in [0.4, 0.5) is 0 Å². The van der Waals surface area contributed by atoms with E-state index in [-0.39, 0.29) is 11.5 Å². The zero-order valence-corrected chi connectivity index (χ0v) is 12.2. The Hall–Kier alpha value is -0.130. The smallest absolute Gasteiger partial charge is 0.150 e. The molecule has 0 radical (unpaired) electrons. The lowest BCUT2D eigenvalue weighted by molar-refractivity contribution is -0.113. The molecular formula is C12H26O4S. The van der Waals surface area contributed by atoms with Crippen molar-refractivity contribution in [1.29, 1.82) is 0 Å².